The van der Waals surface area contributed by atoms with Crippen LogP contribution in [0.15, 0.2) is 18.2 Å². The summed E-state index contributed by atoms with van der Waals surface area (Å²) in [5.74, 6) is 2.18. The zero-order valence-electron chi connectivity index (χ0n) is 8.36. The standard InChI is InChI=1S/C11H14O2S/c1-7(2)11(14)8-3-4-9-10(5-8)13-6-12-9/h3-5,7,11,14H,6H2,1-2H3. The van der Waals surface area contributed by atoms with Gasteiger partial charge in [-0.1, -0.05) is 19.9 Å². The molecule has 2 nitrogen and oxygen atoms in total. The summed E-state index contributed by atoms with van der Waals surface area (Å²) in [6, 6.07) is 6.01. The third kappa shape index (κ3) is 1.69. The fourth-order valence-corrected chi connectivity index (χ4v) is 1.64. The Bertz CT molecular complexity index is 336. The lowest BCUT2D eigenvalue weighted by molar-refractivity contribution is 0.174. The molecule has 2 rings (SSSR count). The molecule has 0 spiro atoms. The van der Waals surface area contributed by atoms with Crippen molar-refractivity contribution in [3.63, 3.8) is 0 Å². The van der Waals surface area contributed by atoms with Crippen LogP contribution in [-0.4, -0.2) is 6.79 Å². The molecule has 1 aliphatic heterocycles. The first-order valence-corrected chi connectivity index (χ1v) is 5.27. The summed E-state index contributed by atoms with van der Waals surface area (Å²) in [4.78, 5) is 0. The highest BCUT2D eigenvalue weighted by Gasteiger charge is 2.17. The molecule has 0 aromatic heterocycles. The predicted molar refractivity (Wildman–Crippen MR) is 59.1 cm³/mol. The first kappa shape index (κ1) is 9.71. The predicted octanol–water partition coefficient (Wildman–Crippen LogP) is 3.04. The topological polar surface area (TPSA) is 18.5 Å². The Kier molecular flexibility index (Phi) is 2.59. The number of fused-ring (bicyclic) bond motifs is 1. The van der Waals surface area contributed by atoms with Gasteiger partial charge in [-0.3, -0.25) is 0 Å². The van der Waals surface area contributed by atoms with Crippen molar-refractivity contribution < 1.29 is 9.47 Å². The van der Waals surface area contributed by atoms with E-state index in [1.807, 2.05) is 18.2 Å². The van der Waals surface area contributed by atoms with Crippen LogP contribution < -0.4 is 9.47 Å². The molecule has 0 aliphatic carbocycles. The van der Waals surface area contributed by atoms with Crippen molar-refractivity contribution >= 4 is 12.6 Å². The normalized spacial score (nSPS) is 16.0. The van der Waals surface area contributed by atoms with Gasteiger partial charge in [0.2, 0.25) is 6.79 Å². The third-order valence-corrected chi connectivity index (χ3v) is 3.26. The first-order valence-electron chi connectivity index (χ1n) is 4.76. The minimum absolute atomic E-state index is 0.254. The molecule has 1 aromatic rings. The van der Waals surface area contributed by atoms with Gasteiger partial charge in [0.15, 0.2) is 11.5 Å². The van der Waals surface area contributed by atoms with E-state index in [2.05, 4.69) is 26.5 Å². The molecule has 1 aromatic carbocycles. The van der Waals surface area contributed by atoms with E-state index in [-0.39, 0.29) is 5.25 Å². The van der Waals surface area contributed by atoms with Gasteiger partial charge in [-0.15, -0.1) is 0 Å². The molecule has 0 fully saturated rings. The zero-order valence-corrected chi connectivity index (χ0v) is 9.25. The minimum Gasteiger partial charge on any atom is -0.454 e. The van der Waals surface area contributed by atoms with Gasteiger partial charge in [-0.05, 0) is 23.6 Å². The van der Waals surface area contributed by atoms with Crippen LogP contribution in [0, 0.1) is 5.92 Å². The Morgan fingerprint density at radius 2 is 1.93 bits per heavy atom. The molecule has 1 aliphatic rings. The van der Waals surface area contributed by atoms with Gasteiger partial charge in [0.25, 0.3) is 0 Å². The Morgan fingerprint density at radius 3 is 2.64 bits per heavy atom. The molecule has 0 saturated heterocycles. The van der Waals surface area contributed by atoms with Crippen molar-refractivity contribution in [2.45, 2.75) is 19.1 Å². The van der Waals surface area contributed by atoms with E-state index in [0.717, 1.165) is 11.5 Å². The maximum Gasteiger partial charge on any atom is 0.231 e. The fourth-order valence-electron chi connectivity index (χ4n) is 1.48. The van der Waals surface area contributed by atoms with Gasteiger partial charge in [0.1, 0.15) is 0 Å². The summed E-state index contributed by atoms with van der Waals surface area (Å²) in [5, 5.41) is 0.254. The Labute approximate surface area is 89.6 Å². The van der Waals surface area contributed by atoms with Crippen LogP contribution in [-0.2, 0) is 0 Å². The van der Waals surface area contributed by atoms with Crippen molar-refractivity contribution in [3.8, 4) is 11.5 Å². The van der Waals surface area contributed by atoms with Crippen molar-refractivity contribution in [1.82, 2.24) is 0 Å². The number of thiol groups is 1. The van der Waals surface area contributed by atoms with Gasteiger partial charge in [-0.2, -0.15) is 12.6 Å². The molecule has 76 valence electrons. The van der Waals surface area contributed by atoms with Crippen LogP contribution in [0.1, 0.15) is 24.7 Å². The summed E-state index contributed by atoms with van der Waals surface area (Å²) in [6.07, 6.45) is 0. The molecule has 0 amide bonds. The molecular formula is C11H14O2S. The summed E-state index contributed by atoms with van der Waals surface area (Å²) < 4.78 is 10.6. The molecule has 0 bridgehead atoms. The second kappa shape index (κ2) is 3.73. The lowest BCUT2D eigenvalue weighted by Crippen LogP contribution is -1.99. The number of rotatable bonds is 2. The second-order valence-corrected chi connectivity index (χ2v) is 4.36. The SMILES string of the molecule is CC(C)C(S)c1ccc2c(c1)OCO2. The van der Waals surface area contributed by atoms with Crippen LogP contribution in [0.25, 0.3) is 0 Å². The van der Waals surface area contributed by atoms with Crippen molar-refractivity contribution in [2.75, 3.05) is 6.79 Å². The maximum atomic E-state index is 5.31. The average Bonchev–Trinajstić information content (AvgIpc) is 2.62. The lowest BCUT2D eigenvalue weighted by Gasteiger charge is -2.15. The molecule has 0 N–H and O–H groups in total. The van der Waals surface area contributed by atoms with Gasteiger partial charge in [0.05, 0.1) is 0 Å². The summed E-state index contributed by atoms with van der Waals surface area (Å²) in [6.45, 7) is 4.64. The Hall–Kier alpha value is -0.830. The summed E-state index contributed by atoms with van der Waals surface area (Å²) >= 11 is 4.56. The van der Waals surface area contributed by atoms with Crippen LogP contribution >= 0.6 is 12.6 Å². The number of ether oxygens (including phenoxy) is 2. The summed E-state index contributed by atoms with van der Waals surface area (Å²) in [7, 11) is 0. The maximum absolute atomic E-state index is 5.31. The number of hydrogen-bond donors (Lipinski definition) is 1. The highest BCUT2D eigenvalue weighted by molar-refractivity contribution is 7.80. The lowest BCUT2D eigenvalue weighted by atomic mass is 10.0. The van der Waals surface area contributed by atoms with Crippen LogP contribution in [0.5, 0.6) is 11.5 Å². The molecule has 14 heavy (non-hydrogen) atoms. The van der Waals surface area contributed by atoms with Crippen LogP contribution in [0.2, 0.25) is 0 Å². The zero-order chi connectivity index (χ0) is 10.1. The average molecular weight is 210 g/mol. The monoisotopic (exact) mass is 210 g/mol. The highest BCUT2D eigenvalue weighted by Crippen LogP contribution is 2.37. The molecular weight excluding hydrogens is 196 g/mol. The van der Waals surface area contributed by atoms with Gasteiger partial charge < -0.3 is 9.47 Å². The van der Waals surface area contributed by atoms with Gasteiger partial charge in [0, 0.05) is 5.25 Å². The molecule has 1 unspecified atom stereocenters. The van der Waals surface area contributed by atoms with Gasteiger partial charge >= 0.3 is 0 Å². The fraction of sp³-hybridized carbons (Fsp3) is 0.455. The molecule has 0 saturated carbocycles. The first-order chi connectivity index (χ1) is 6.68. The second-order valence-electron chi connectivity index (χ2n) is 3.80. The van der Waals surface area contributed by atoms with Crippen LogP contribution in [0.4, 0.5) is 0 Å². The quantitative estimate of drug-likeness (QED) is 0.756. The number of benzene rings is 1. The van der Waals surface area contributed by atoms with E-state index in [4.69, 9.17) is 9.47 Å². The van der Waals surface area contributed by atoms with Gasteiger partial charge in [-0.25, -0.2) is 0 Å². The Morgan fingerprint density at radius 1 is 1.21 bits per heavy atom. The molecule has 0 radical (unpaired) electrons. The van der Waals surface area contributed by atoms with Crippen molar-refractivity contribution in [1.29, 1.82) is 0 Å². The smallest absolute Gasteiger partial charge is 0.231 e. The van der Waals surface area contributed by atoms with E-state index in [1.165, 1.54) is 5.56 Å². The van der Waals surface area contributed by atoms with Crippen molar-refractivity contribution in [3.05, 3.63) is 23.8 Å². The highest BCUT2D eigenvalue weighted by atomic mass is 32.1. The van der Waals surface area contributed by atoms with E-state index >= 15 is 0 Å². The summed E-state index contributed by atoms with van der Waals surface area (Å²) in [5.41, 5.74) is 1.19. The van der Waals surface area contributed by atoms with E-state index in [0.29, 0.717) is 12.7 Å². The largest absolute Gasteiger partial charge is 0.454 e. The van der Waals surface area contributed by atoms with Crippen LogP contribution in [0.3, 0.4) is 0 Å². The van der Waals surface area contributed by atoms with E-state index < -0.39 is 0 Å². The van der Waals surface area contributed by atoms with E-state index in [1.54, 1.807) is 0 Å². The minimum atomic E-state index is 0.254. The van der Waals surface area contributed by atoms with Crippen molar-refractivity contribution in [2.24, 2.45) is 5.92 Å². The third-order valence-electron chi connectivity index (χ3n) is 2.37. The molecule has 1 heterocycles. The number of hydrogen-bond acceptors (Lipinski definition) is 3. The van der Waals surface area contributed by atoms with E-state index in [9.17, 15) is 0 Å². The molecule has 3 heteroatoms. The Balaban J connectivity index is 2.28. The molecule has 1 atom stereocenters.